The lowest BCUT2D eigenvalue weighted by Gasteiger charge is -2.29. The van der Waals surface area contributed by atoms with Gasteiger partial charge in [-0.1, -0.05) is 12.1 Å². The molecule has 0 bridgehead atoms. The van der Waals surface area contributed by atoms with Gasteiger partial charge in [-0.2, -0.15) is 0 Å². The number of amides is 2. The molecule has 0 atom stereocenters. The lowest BCUT2D eigenvalue weighted by molar-refractivity contribution is 0.0716. The van der Waals surface area contributed by atoms with E-state index in [1.807, 2.05) is 0 Å². The molecule has 0 saturated carbocycles. The Morgan fingerprint density at radius 2 is 1.80 bits per heavy atom. The Kier molecular flexibility index (Phi) is 3.52. The van der Waals surface area contributed by atoms with Gasteiger partial charge in [0.25, 0.3) is 11.8 Å². The largest absolute Gasteiger partial charge is 0.505 e. The Bertz CT molecular complexity index is 873. The number of carbonyl (C=O) groups is 2. The molecule has 4 rings (SSSR count). The molecule has 2 aromatic rings. The quantitative estimate of drug-likeness (QED) is 0.901. The predicted molar refractivity (Wildman–Crippen MR) is 87.9 cm³/mol. The molecular weight excluding hydrogens is 325 g/mol. The Morgan fingerprint density at radius 3 is 2.52 bits per heavy atom. The van der Waals surface area contributed by atoms with Crippen molar-refractivity contribution in [2.24, 2.45) is 0 Å². The van der Waals surface area contributed by atoms with Crippen molar-refractivity contribution in [2.75, 3.05) is 20.1 Å². The molecule has 1 aromatic heterocycles. The Hall–Kier alpha value is -2.83. The third-order valence-electron chi connectivity index (χ3n) is 4.96. The van der Waals surface area contributed by atoms with Crippen molar-refractivity contribution in [1.82, 2.24) is 14.4 Å². The molecule has 2 aliphatic heterocycles. The van der Waals surface area contributed by atoms with Crippen molar-refractivity contribution in [1.29, 1.82) is 0 Å². The van der Waals surface area contributed by atoms with Gasteiger partial charge in [0.2, 0.25) is 0 Å². The first kappa shape index (κ1) is 15.7. The van der Waals surface area contributed by atoms with Gasteiger partial charge in [-0.05, 0) is 17.7 Å². The van der Waals surface area contributed by atoms with Crippen LogP contribution in [0.15, 0.2) is 24.3 Å². The van der Waals surface area contributed by atoms with Gasteiger partial charge in [-0.15, -0.1) is 0 Å². The van der Waals surface area contributed by atoms with Crippen molar-refractivity contribution in [2.45, 2.75) is 19.5 Å². The van der Waals surface area contributed by atoms with Crippen LogP contribution in [0.5, 0.6) is 5.75 Å². The monoisotopic (exact) mass is 343 g/mol. The molecule has 0 fully saturated rings. The highest BCUT2D eigenvalue weighted by Gasteiger charge is 2.38. The molecular formula is C18H18FN3O3. The maximum Gasteiger partial charge on any atom is 0.274 e. The summed E-state index contributed by atoms with van der Waals surface area (Å²) in [4.78, 5) is 28.4. The number of likely N-dealkylation sites (N-methyl/N-ethyl adjacent to an activating group) is 1. The average molecular weight is 343 g/mol. The minimum atomic E-state index is -0.323. The number of fused-ring (bicyclic) bond motifs is 3. The molecule has 0 unspecified atom stereocenters. The van der Waals surface area contributed by atoms with Crippen LogP contribution >= 0.6 is 0 Å². The van der Waals surface area contributed by atoms with E-state index in [4.69, 9.17) is 0 Å². The number of rotatable bonds is 2. The van der Waals surface area contributed by atoms with Crippen LogP contribution < -0.4 is 0 Å². The van der Waals surface area contributed by atoms with Crippen molar-refractivity contribution in [3.8, 4) is 5.75 Å². The first-order valence-corrected chi connectivity index (χ1v) is 8.21. The minimum Gasteiger partial charge on any atom is -0.505 e. The van der Waals surface area contributed by atoms with Crippen molar-refractivity contribution in [3.63, 3.8) is 0 Å². The normalized spacial score (nSPS) is 16.9. The predicted octanol–water partition coefficient (Wildman–Crippen LogP) is 1.62. The molecule has 0 spiro atoms. The molecule has 1 aromatic carbocycles. The fourth-order valence-electron chi connectivity index (χ4n) is 3.59. The van der Waals surface area contributed by atoms with E-state index in [9.17, 15) is 19.1 Å². The number of hydrogen-bond acceptors (Lipinski definition) is 3. The van der Waals surface area contributed by atoms with Gasteiger partial charge in [0.15, 0.2) is 11.4 Å². The molecule has 0 radical (unpaired) electrons. The number of halogens is 1. The van der Waals surface area contributed by atoms with E-state index in [1.54, 1.807) is 33.5 Å². The molecule has 3 heterocycles. The van der Waals surface area contributed by atoms with Gasteiger partial charge in [-0.3, -0.25) is 9.59 Å². The standard InChI is InChI=1S/C18H18FN3O3/c1-20-8-9-22-13-6-7-21(10-11-2-4-12(19)5-3-11)17(24)14(13)16(23)15(22)18(20)25/h2-5,23H,6-10H2,1H3. The lowest BCUT2D eigenvalue weighted by atomic mass is 10.0. The van der Waals surface area contributed by atoms with E-state index in [1.165, 1.54) is 12.1 Å². The third-order valence-corrected chi connectivity index (χ3v) is 4.96. The maximum absolute atomic E-state index is 13.0. The van der Waals surface area contributed by atoms with Crippen LogP contribution in [0.25, 0.3) is 0 Å². The molecule has 130 valence electrons. The number of aromatic hydroxyl groups is 1. The zero-order valence-corrected chi connectivity index (χ0v) is 13.8. The molecule has 7 heteroatoms. The maximum atomic E-state index is 13.0. The van der Waals surface area contributed by atoms with E-state index in [2.05, 4.69) is 0 Å². The zero-order chi connectivity index (χ0) is 17.7. The summed E-state index contributed by atoms with van der Waals surface area (Å²) in [6.45, 7) is 1.97. The highest BCUT2D eigenvalue weighted by molar-refractivity contribution is 6.05. The van der Waals surface area contributed by atoms with Crippen molar-refractivity contribution >= 4 is 11.8 Å². The van der Waals surface area contributed by atoms with Crippen LogP contribution in [0.2, 0.25) is 0 Å². The van der Waals surface area contributed by atoms with Crippen LogP contribution in [0.3, 0.4) is 0 Å². The van der Waals surface area contributed by atoms with Gasteiger partial charge >= 0.3 is 0 Å². The van der Waals surface area contributed by atoms with Crippen LogP contribution in [0.4, 0.5) is 4.39 Å². The van der Waals surface area contributed by atoms with E-state index in [0.29, 0.717) is 32.6 Å². The topological polar surface area (TPSA) is 65.8 Å². The molecule has 2 amide bonds. The molecule has 25 heavy (non-hydrogen) atoms. The van der Waals surface area contributed by atoms with Crippen LogP contribution in [-0.4, -0.2) is 51.4 Å². The summed E-state index contributed by atoms with van der Waals surface area (Å²) < 4.78 is 14.8. The van der Waals surface area contributed by atoms with E-state index in [-0.39, 0.29) is 34.6 Å². The summed E-state index contributed by atoms with van der Waals surface area (Å²) in [5.74, 6) is -1.10. The first-order chi connectivity index (χ1) is 12.0. The molecule has 2 aliphatic rings. The number of nitrogens with zero attached hydrogens (tertiary/aromatic N) is 3. The molecule has 1 N–H and O–H groups in total. The van der Waals surface area contributed by atoms with Crippen molar-refractivity contribution in [3.05, 3.63) is 52.6 Å². The lowest BCUT2D eigenvalue weighted by Crippen LogP contribution is -2.39. The van der Waals surface area contributed by atoms with Crippen LogP contribution in [-0.2, 0) is 19.5 Å². The summed E-state index contributed by atoms with van der Waals surface area (Å²) in [6, 6.07) is 6.00. The third kappa shape index (κ3) is 2.38. The SMILES string of the molecule is CN1CCn2c3c(c(O)c2C1=O)C(=O)N(Cc1ccc(F)cc1)CC3. The highest BCUT2D eigenvalue weighted by Crippen LogP contribution is 2.36. The van der Waals surface area contributed by atoms with Crippen LogP contribution in [0, 0.1) is 5.82 Å². The Balaban J connectivity index is 1.68. The molecule has 0 aliphatic carbocycles. The first-order valence-electron chi connectivity index (χ1n) is 8.21. The van der Waals surface area contributed by atoms with Gasteiger partial charge in [-0.25, -0.2) is 4.39 Å². The van der Waals surface area contributed by atoms with Gasteiger partial charge < -0.3 is 19.5 Å². The highest BCUT2D eigenvalue weighted by atomic mass is 19.1. The number of benzene rings is 1. The average Bonchev–Trinajstić information content (AvgIpc) is 2.89. The fraction of sp³-hybridized carbons (Fsp3) is 0.333. The van der Waals surface area contributed by atoms with Crippen molar-refractivity contribution < 1.29 is 19.1 Å². The fourth-order valence-corrected chi connectivity index (χ4v) is 3.59. The smallest absolute Gasteiger partial charge is 0.274 e. The van der Waals surface area contributed by atoms with Gasteiger partial charge in [0.05, 0.1) is 0 Å². The summed E-state index contributed by atoms with van der Waals surface area (Å²) in [5.41, 5.74) is 1.98. The number of hydrogen-bond donors (Lipinski definition) is 1. The minimum absolute atomic E-state index is 0.204. The number of carbonyl (C=O) groups excluding carboxylic acids is 2. The Labute approximate surface area is 144 Å². The second kappa shape index (κ2) is 5.61. The molecule has 6 nitrogen and oxygen atoms in total. The van der Waals surface area contributed by atoms with E-state index in [0.717, 1.165) is 11.3 Å². The van der Waals surface area contributed by atoms with Crippen LogP contribution in [0.1, 0.15) is 32.1 Å². The van der Waals surface area contributed by atoms with Gasteiger partial charge in [0, 0.05) is 45.3 Å². The Morgan fingerprint density at radius 1 is 1.08 bits per heavy atom. The second-order valence-corrected chi connectivity index (χ2v) is 6.50. The molecule has 0 saturated heterocycles. The number of aromatic nitrogens is 1. The van der Waals surface area contributed by atoms with Gasteiger partial charge in [0.1, 0.15) is 11.4 Å². The van der Waals surface area contributed by atoms with E-state index < -0.39 is 0 Å². The van der Waals surface area contributed by atoms with E-state index >= 15 is 0 Å². The zero-order valence-electron chi connectivity index (χ0n) is 13.8. The second-order valence-electron chi connectivity index (χ2n) is 6.50. The summed E-state index contributed by atoms with van der Waals surface area (Å²) in [6.07, 6.45) is 0.576. The summed E-state index contributed by atoms with van der Waals surface area (Å²) in [7, 11) is 1.68. The summed E-state index contributed by atoms with van der Waals surface area (Å²) in [5, 5.41) is 10.5. The summed E-state index contributed by atoms with van der Waals surface area (Å²) >= 11 is 0.